The summed E-state index contributed by atoms with van der Waals surface area (Å²) in [4.78, 5) is 103. The van der Waals surface area contributed by atoms with Crippen LogP contribution >= 0.6 is 11.8 Å². The maximum atomic E-state index is 14.5. The van der Waals surface area contributed by atoms with Crippen molar-refractivity contribution in [3.8, 4) is 17.1 Å². The lowest BCUT2D eigenvalue weighted by Crippen LogP contribution is -2.58. The third-order valence-electron chi connectivity index (χ3n) is 15.4. The molecule has 85 heavy (non-hydrogen) atoms. The monoisotopic (exact) mass is 1190 g/mol. The number of Topliss-reactive ketones (excluding diaryl/α,β-unsaturated/α-hetero) is 1. The molecule has 5 N–H and O–H groups in total. The van der Waals surface area contributed by atoms with E-state index in [-0.39, 0.29) is 124 Å². The largest absolute Gasteiger partial charge is 0.467 e. The van der Waals surface area contributed by atoms with Crippen LogP contribution in [0.3, 0.4) is 0 Å². The number of likely N-dealkylation sites (tertiary alicyclic amines) is 2. The molecule has 0 radical (unpaired) electrons. The highest BCUT2D eigenvalue weighted by molar-refractivity contribution is 8.14. The Morgan fingerprint density at radius 1 is 0.941 bits per heavy atom. The highest BCUT2D eigenvalue weighted by Gasteiger charge is 2.43. The first kappa shape index (κ1) is 63.6. The first-order chi connectivity index (χ1) is 41.0. The Balaban J connectivity index is 0.681. The highest BCUT2D eigenvalue weighted by atomic mass is 32.2. The number of halogens is 1. The van der Waals surface area contributed by atoms with Crippen molar-refractivity contribution in [3.63, 3.8) is 0 Å². The van der Waals surface area contributed by atoms with E-state index in [4.69, 9.17) is 46.1 Å². The number of benzene rings is 2. The van der Waals surface area contributed by atoms with Crippen LogP contribution in [0.4, 0.5) is 16.0 Å². The molecule has 0 spiro atoms. The minimum absolute atomic E-state index is 0.0553. The number of carbonyl (C=O) groups excluding carboxylic acids is 6. The number of nitrogens with one attached hydrogen (secondary N) is 3. The second-order valence-corrected chi connectivity index (χ2v) is 22.3. The normalized spacial score (nSPS) is 18.7. The van der Waals surface area contributed by atoms with Gasteiger partial charge in [-0.15, -0.1) is 16.9 Å². The van der Waals surface area contributed by atoms with Crippen LogP contribution in [0.1, 0.15) is 96.0 Å². The minimum atomic E-state index is -0.805. The topological polar surface area (TPSA) is 281 Å². The van der Waals surface area contributed by atoms with Crippen LogP contribution in [0.25, 0.3) is 16.1 Å². The number of nitrogens with two attached hydrogens (primary N) is 1. The van der Waals surface area contributed by atoms with E-state index < -0.39 is 30.0 Å². The van der Waals surface area contributed by atoms with Gasteiger partial charge in [0.15, 0.2) is 11.6 Å². The maximum absolute atomic E-state index is 14.5. The summed E-state index contributed by atoms with van der Waals surface area (Å²) in [6.07, 6.45) is 3.61. The van der Waals surface area contributed by atoms with E-state index in [1.807, 2.05) is 19.1 Å². The number of likely N-dealkylation sites (N-methyl/N-ethyl adjacent to an activating group) is 1. The van der Waals surface area contributed by atoms with Gasteiger partial charge in [0.25, 0.3) is 17.6 Å². The molecule has 24 nitrogen and oxygen atoms in total. The summed E-state index contributed by atoms with van der Waals surface area (Å²) in [5.41, 5.74) is 9.75. The molecular formula is C59H76FN13O11S. The molecule has 2 saturated heterocycles. The van der Waals surface area contributed by atoms with E-state index in [2.05, 4.69) is 30.8 Å². The third kappa shape index (κ3) is 16.5. The van der Waals surface area contributed by atoms with E-state index in [9.17, 15) is 33.2 Å². The lowest BCUT2D eigenvalue weighted by atomic mass is 9.88. The van der Waals surface area contributed by atoms with Crippen LogP contribution in [-0.2, 0) is 51.2 Å². The van der Waals surface area contributed by atoms with Gasteiger partial charge in [-0.1, -0.05) is 24.3 Å². The molecule has 0 saturated carbocycles. The zero-order chi connectivity index (χ0) is 60.6. The summed E-state index contributed by atoms with van der Waals surface area (Å²) in [5.74, 6) is -1.18. The summed E-state index contributed by atoms with van der Waals surface area (Å²) in [6, 6.07) is 8.65. The number of aromatic nitrogens is 4. The average molecular weight is 1190 g/mol. The van der Waals surface area contributed by atoms with Crippen molar-refractivity contribution in [3.05, 3.63) is 93.8 Å². The van der Waals surface area contributed by atoms with Gasteiger partial charge in [-0.05, 0) is 89.8 Å². The zero-order valence-electron chi connectivity index (χ0n) is 48.8. The lowest BCUT2D eigenvalue weighted by molar-refractivity contribution is -0.140. The molecule has 4 aliphatic rings. The second kappa shape index (κ2) is 30.6. The van der Waals surface area contributed by atoms with Crippen LogP contribution in [0.15, 0.2) is 53.7 Å². The summed E-state index contributed by atoms with van der Waals surface area (Å²) in [7, 11) is 3.34. The number of aliphatic imine (C=N–C) groups is 1. The molecule has 2 aromatic heterocycles. The first-order valence-electron chi connectivity index (χ1n) is 28.8. The first-order valence-corrected chi connectivity index (χ1v) is 29.8. The number of hydrogen-bond acceptors (Lipinski definition) is 18. The average Bonchev–Trinajstić information content (AvgIpc) is 3.43. The number of ketones is 1. The van der Waals surface area contributed by atoms with E-state index in [1.54, 1.807) is 43.8 Å². The van der Waals surface area contributed by atoms with Gasteiger partial charge >= 0.3 is 0 Å². The van der Waals surface area contributed by atoms with Crippen LogP contribution < -0.4 is 26.4 Å². The van der Waals surface area contributed by atoms with E-state index in [0.717, 1.165) is 12.0 Å². The minimum Gasteiger partial charge on any atom is -0.467 e. The van der Waals surface area contributed by atoms with Crippen molar-refractivity contribution in [1.29, 1.82) is 0 Å². The third-order valence-corrected chi connectivity index (χ3v) is 16.6. The van der Waals surface area contributed by atoms with Gasteiger partial charge in [0.1, 0.15) is 36.2 Å². The molecule has 26 heteroatoms. The van der Waals surface area contributed by atoms with Gasteiger partial charge in [0.05, 0.1) is 107 Å². The molecular weight excluding hydrogens is 1120 g/mol. The Kier molecular flexibility index (Phi) is 22.9. The van der Waals surface area contributed by atoms with Gasteiger partial charge in [-0.2, -0.15) is 4.68 Å². The number of aryl methyl sites for hydroxylation is 1. The molecule has 2 bridgehead atoms. The molecule has 456 valence electrons. The number of piperidine rings is 1. The Labute approximate surface area is 498 Å². The Bertz CT molecular complexity index is 3100. The van der Waals surface area contributed by atoms with Crippen molar-refractivity contribution in [2.45, 2.75) is 103 Å². The maximum Gasteiger partial charge on any atom is 0.262 e. The fourth-order valence-electron chi connectivity index (χ4n) is 10.6. The molecule has 4 aliphatic heterocycles. The van der Waals surface area contributed by atoms with Gasteiger partial charge in [0, 0.05) is 55.5 Å². The predicted octanol–water partition coefficient (Wildman–Crippen LogP) is 4.33. The Morgan fingerprint density at radius 3 is 2.31 bits per heavy atom. The number of carbonyl (C=O) groups is 6. The van der Waals surface area contributed by atoms with E-state index in [1.165, 1.54) is 51.8 Å². The fourth-order valence-corrected chi connectivity index (χ4v) is 11.8. The molecule has 1 unspecified atom stereocenters. The van der Waals surface area contributed by atoms with Crippen molar-refractivity contribution in [1.82, 2.24) is 50.4 Å². The summed E-state index contributed by atoms with van der Waals surface area (Å²) < 4.78 is 43.7. The molecule has 0 aliphatic carbocycles. The van der Waals surface area contributed by atoms with Crippen molar-refractivity contribution in [2.24, 2.45) is 10.9 Å². The fraction of sp³-hybridized carbons (Fsp3) is 0.542. The molecule has 5 amide bonds. The molecule has 2 aromatic carbocycles. The number of hydrogen-bond donors (Lipinski definition) is 4. The van der Waals surface area contributed by atoms with Crippen LogP contribution in [0.2, 0.25) is 0 Å². The van der Waals surface area contributed by atoms with Crippen LogP contribution in [0, 0.1) is 25.2 Å². The van der Waals surface area contributed by atoms with Crippen LogP contribution in [0.5, 0.6) is 5.88 Å². The molecule has 8 rings (SSSR count). The molecule has 5 atom stereocenters. The van der Waals surface area contributed by atoms with E-state index in [0.29, 0.717) is 110 Å². The number of thioether (sulfide) groups is 1. The van der Waals surface area contributed by atoms with Gasteiger partial charge in [-0.3, -0.25) is 33.8 Å². The summed E-state index contributed by atoms with van der Waals surface area (Å²) in [5, 5.41) is 14.3. The number of nitrogen functional groups attached to an aromatic ring is 1. The van der Waals surface area contributed by atoms with Gasteiger partial charge < -0.3 is 64.9 Å². The van der Waals surface area contributed by atoms with Gasteiger partial charge in [-0.25, -0.2) is 14.4 Å². The molecule has 6 heterocycles. The number of amides is 5. The molecule has 4 aromatic rings. The summed E-state index contributed by atoms with van der Waals surface area (Å²) in [6.45, 7) is 17.5. The van der Waals surface area contributed by atoms with Gasteiger partial charge in [0.2, 0.25) is 23.6 Å². The highest BCUT2D eigenvalue weighted by Crippen LogP contribution is 2.38. The van der Waals surface area contributed by atoms with Crippen molar-refractivity contribution < 1.29 is 56.8 Å². The smallest absolute Gasteiger partial charge is 0.262 e. The number of fused-ring (bicyclic) bond motifs is 5. The quantitative estimate of drug-likeness (QED) is 0.0387. The van der Waals surface area contributed by atoms with Crippen molar-refractivity contribution >= 4 is 63.8 Å². The number of ether oxygens (including phenoxy) is 5. The molecule has 2 fully saturated rings. The zero-order valence-corrected chi connectivity index (χ0v) is 49.6. The Morgan fingerprint density at radius 2 is 1.62 bits per heavy atom. The lowest BCUT2D eigenvalue weighted by Gasteiger charge is -2.38. The number of nitrogens with zero attached hydrogens (tertiary/aromatic N) is 9. The van der Waals surface area contributed by atoms with E-state index >= 15 is 0 Å². The van der Waals surface area contributed by atoms with Crippen LogP contribution in [-0.4, -0.2) is 198 Å². The SMILES string of the molecule is [C-]#[N+]c1c2c(nn1CCNC(=O)CCOCCOCCOCCOCCC(=O)N1CCC([C@H](NC(=O)[C@H](C)NC)C(=O)N3CCC[C@H]3C3=NC(C(=O)c4ccc(F)cc4)CS3)CC1)CN(C)C(=O)c1ccc(C)cc1[C@@H](C)Oc1nc-2cnc1N. The Hall–Kier alpha value is -7.41. The number of rotatable bonds is 26. The second-order valence-electron chi connectivity index (χ2n) is 21.3. The number of anilines is 1. The predicted molar refractivity (Wildman–Crippen MR) is 314 cm³/mol. The summed E-state index contributed by atoms with van der Waals surface area (Å²) >= 11 is 1.46. The standard InChI is InChI=1S/C59H76FN13O11S/c1-36-9-14-42-43(32-36)38(3)84-56-53(61)65-33-44(66-56)50-45(34-70(6)58(42)78)69-73(54(50)63-5)23-19-64-48(74)17-24-80-26-28-82-30-31-83-29-27-81-25-18-49(75)71-21-15-39(16-22-71)51(68-55(77)37(2)62-4)59(79)72-20-7-8-47(72)57-67-46(35-85-57)52(76)40-10-12-41(60)13-11-40/h9-14,32-33,37-39,46-47,51,62H,7-8,15-31,34-35H2,1-4,6H3,(H2,61,65)(H,64,74)(H,68,77)/t37-,38+,46?,47-,51-/m0/s1. The van der Waals surface area contributed by atoms with Crippen molar-refractivity contribution in [2.75, 3.05) is 105 Å².